The van der Waals surface area contributed by atoms with Gasteiger partial charge >= 0.3 is 6.18 Å². The Morgan fingerprint density at radius 1 is 1.21 bits per heavy atom. The number of carboxylic acids is 1. The van der Waals surface area contributed by atoms with Crippen molar-refractivity contribution in [1.29, 1.82) is 0 Å². The number of halogens is 3. The Kier molecular flexibility index (Phi) is 6.91. The molecule has 1 amide bonds. The normalized spacial score (nSPS) is 11.3. The summed E-state index contributed by atoms with van der Waals surface area (Å²) in [4.78, 5) is 30.8. The zero-order valence-electron chi connectivity index (χ0n) is 17.6. The van der Waals surface area contributed by atoms with Crippen LogP contribution in [0.15, 0.2) is 35.5 Å². The van der Waals surface area contributed by atoms with Crippen molar-refractivity contribution >= 4 is 29.3 Å². The molecule has 2 heterocycles. The van der Waals surface area contributed by atoms with E-state index in [9.17, 15) is 27.9 Å². The molecule has 3 aromatic rings. The number of amides is 1. The van der Waals surface area contributed by atoms with E-state index in [0.29, 0.717) is 16.1 Å². The van der Waals surface area contributed by atoms with Crippen molar-refractivity contribution in [3.05, 3.63) is 47.3 Å². The van der Waals surface area contributed by atoms with Gasteiger partial charge in [-0.15, -0.1) is 0 Å². The fourth-order valence-electron chi connectivity index (χ4n) is 2.93. The van der Waals surface area contributed by atoms with Gasteiger partial charge in [0.15, 0.2) is 16.7 Å². The Morgan fingerprint density at radius 3 is 2.39 bits per heavy atom. The number of benzene rings is 1. The van der Waals surface area contributed by atoms with E-state index in [-0.39, 0.29) is 34.9 Å². The molecule has 0 saturated carbocycles. The number of aryl methyl sites for hydroxylation is 1. The van der Waals surface area contributed by atoms with Gasteiger partial charge in [-0.2, -0.15) is 23.3 Å². The Hall–Kier alpha value is -3.61. The van der Waals surface area contributed by atoms with Crippen molar-refractivity contribution in [1.82, 2.24) is 19.7 Å². The number of ether oxygens (including phenoxy) is 1. The fraction of sp³-hybridized carbons (Fsp3) is 0.250. The molecule has 0 radical (unpaired) electrons. The third-order valence-electron chi connectivity index (χ3n) is 4.23. The van der Waals surface area contributed by atoms with Gasteiger partial charge in [0.25, 0.3) is 0 Å². The van der Waals surface area contributed by atoms with E-state index in [2.05, 4.69) is 20.4 Å². The molecule has 33 heavy (non-hydrogen) atoms. The number of thioether (sulfide) groups is 1. The molecular formula is C20H17F3N5O4S-. The van der Waals surface area contributed by atoms with E-state index in [4.69, 9.17) is 4.74 Å². The summed E-state index contributed by atoms with van der Waals surface area (Å²) >= 11 is 1.05. The molecule has 174 valence electrons. The summed E-state index contributed by atoms with van der Waals surface area (Å²) in [5, 5.41) is 18.0. The van der Waals surface area contributed by atoms with Crippen LogP contribution in [0.3, 0.4) is 0 Å². The number of carbonyl (C=O) groups excluding carboxylic acids is 2. The van der Waals surface area contributed by atoms with Crippen molar-refractivity contribution in [2.75, 3.05) is 11.6 Å². The van der Waals surface area contributed by atoms with Gasteiger partial charge in [-0.1, -0.05) is 18.7 Å². The van der Waals surface area contributed by atoms with E-state index in [0.717, 1.165) is 17.8 Å². The van der Waals surface area contributed by atoms with Crippen molar-refractivity contribution in [2.45, 2.75) is 31.6 Å². The maximum absolute atomic E-state index is 13.8. The molecule has 0 saturated heterocycles. The molecule has 13 heteroatoms. The molecule has 9 nitrogen and oxygen atoms in total. The van der Waals surface area contributed by atoms with Gasteiger partial charge < -0.3 is 20.0 Å². The van der Waals surface area contributed by atoms with E-state index in [1.807, 2.05) is 0 Å². The number of carbonyl (C=O) groups is 2. The summed E-state index contributed by atoms with van der Waals surface area (Å²) in [7, 11) is 0. The summed E-state index contributed by atoms with van der Waals surface area (Å²) in [6.45, 7) is 2.84. The summed E-state index contributed by atoms with van der Waals surface area (Å²) in [5.41, 5.74) is -2.31. The lowest BCUT2D eigenvalue weighted by molar-refractivity contribution is -0.256. The predicted molar refractivity (Wildman–Crippen MR) is 110 cm³/mol. The second-order valence-electron chi connectivity index (χ2n) is 6.58. The molecule has 0 atom stereocenters. The van der Waals surface area contributed by atoms with Gasteiger partial charge in [-0.05, 0) is 36.9 Å². The molecule has 0 bridgehead atoms. The number of carboxylic acid groups (broad SMARTS) is 1. The number of aromatic nitrogens is 4. The van der Waals surface area contributed by atoms with Crippen LogP contribution in [0, 0.1) is 0 Å². The molecule has 0 aliphatic carbocycles. The number of alkyl halides is 3. The monoisotopic (exact) mass is 480 g/mol. The first-order valence-electron chi connectivity index (χ1n) is 9.42. The highest BCUT2D eigenvalue weighted by Gasteiger charge is 2.41. The fourth-order valence-corrected chi connectivity index (χ4v) is 3.29. The van der Waals surface area contributed by atoms with Crippen molar-refractivity contribution in [2.24, 2.45) is 0 Å². The first kappa shape index (κ1) is 24.0. The van der Waals surface area contributed by atoms with Gasteiger partial charge in [-0.3, -0.25) is 4.79 Å². The average molecular weight is 480 g/mol. The zero-order valence-corrected chi connectivity index (χ0v) is 18.4. The number of hydrogen-bond donors (Lipinski definition) is 1. The van der Waals surface area contributed by atoms with Crippen LogP contribution in [0.1, 0.15) is 35.6 Å². The summed E-state index contributed by atoms with van der Waals surface area (Å²) < 4.78 is 47.5. The molecule has 3 rings (SSSR count). The van der Waals surface area contributed by atoms with Crippen LogP contribution in [0.25, 0.3) is 5.82 Å². The number of nitrogens with one attached hydrogen (secondary N) is 1. The molecule has 0 unspecified atom stereocenters. The Bertz CT molecular complexity index is 1200. The first-order valence-corrected chi connectivity index (χ1v) is 10.6. The van der Waals surface area contributed by atoms with E-state index < -0.39 is 23.4 Å². The second-order valence-corrected chi connectivity index (χ2v) is 7.35. The molecule has 0 aliphatic rings. The Labute approximate surface area is 190 Å². The van der Waals surface area contributed by atoms with E-state index in [1.54, 1.807) is 18.4 Å². The van der Waals surface area contributed by atoms with Crippen LogP contribution in [0.4, 0.5) is 18.9 Å². The number of aromatic carboxylic acids is 1. The minimum atomic E-state index is -5.04. The minimum absolute atomic E-state index is 0.0656. The lowest BCUT2D eigenvalue weighted by Gasteiger charge is -2.14. The number of nitrogens with zero attached hydrogens (tertiary/aromatic N) is 4. The van der Waals surface area contributed by atoms with Crippen molar-refractivity contribution < 1.29 is 32.6 Å². The van der Waals surface area contributed by atoms with Gasteiger partial charge in [0.1, 0.15) is 5.75 Å². The number of rotatable bonds is 7. The maximum Gasteiger partial charge on any atom is 0.434 e. The SMILES string of the molecule is CCc1nn(-c2cc(Oc3ccc(NC(C)=O)cc3)nc(SC)n2)c(C(F)(F)F)c1C(=O)[O-]. The van der Waals surface area contributed by atoms with Crippen LogP contribution in [-0.4, -0.2) is 37.9 Å². The quantitative estimate of drug-likeness (QED) is 0.404. The molecular weight excluding hydrogens is 463 g/mol. The molecule has 0 aliphatic heterocycles. The van der Waals surface area contributed by atoms with Gasteiger partial charge in [0.05, 0.1) is 17.2 Å². The third kappa shape index (κ3) is 5.42. The van der Waals surface area contributed by atoms with E-state index in [1.165, 1.54) is 26.0 Å². The van der Waals surface area contributed by atoms with E-state index >= 15 is 0 Å². The van der Waals surface area contributed by atoms with Crippen LogP contribution >= 0.6 is 11.8 Å². The topological polar surface area (TPSA) is 122 Å². The Balaban J connectivity index is 2.08. The molecule has 0 fully saturated rings. The van der Waals surface area contributed by atoms with Crippen LogP contribution in [0.2, 0.25) is 0 Å². The van der Waals surface area contributed by atoms with Gasteiger partial charge in [0, 0.05) is 18.7 Å². The van der Waals surface area contributed by atoms with Crippen LogP contribution < -0.4 is 15.2 Å². The maximum atomic E-state index is 13.8. The van der Waals surface area contributed by atoms with Crippen LogP contribution in [0.5, 0.6) is 11.6 Å². The molecule has 1 aromatic carbocycles. The van der Waals surface area contributed by atoms with Crippen molar-refractivity contribution in [3.8, 4) is 17.4 Å². The lowest BCUT2D eigenvalue weighted by Crippen LogP contribution is -2.27. The predicted octanol–water partition coefficient (Wildman–Crippen LogP) is 3.08. The van der Waals surface area contributed by atoms with Gasteiger partial charge in [-0.25, -0.2) is 9.67 Å². The minimum Gasteiger partial charge on any atom is -0.545 e. The number of hydrogen-bond acceptors (Lipinski definition) is 8. The molecule has 2 aromatic heterocycles. The highest BCUT2D eigenvalue weighted by atomic mass is 32.2. The molecule has 1 N–H and O–H groups in total. The second kappa shape index (κ2) is 9.48. The van der Waals surface area contributed by atoms with Crippen molar-refractivity contribution in [3.63, 3.8) is 0 Å². The smallest absolute Gasteiger partial charge is 0.434 e. The number of anilines is 1. The lowest BCUT2D eigenvalue weighted by atomic mass is 10.1. The third-order valence-corrected chi connectivity index (χ3v) is 4.78. The largest absolute Gasteiger partial charge is 0.545 e. The zero-order chi connectivity index (χ0) is 24.3. The van der Waals surface area contributed by atoms with Crippen LogP contribution in [-0.2, 0) is 17.4 Å². The van der Waals surface area contributed by atoms with Gasteiger partial charge in [0.2, 0.25) is 11.8 Å². The average Bonchev–Trinajstić information content (AvgIpc) is 3.15. The highest BCUT2D eigenvalue weighted by Crippen LogP contribution is 2.36. The first-order chi connectivity index (χ1) is 15.5. The Morgan fingerprint density at radius 2 is 1.88 bits per heavy atom. The summed E-state index contributed by atoms with van der Waals surface area (Å²) in [6, 6.07) is 7.32. The standard InChI is InChI=1S/C20H18F3N5O4S/c1-4-13-16(18(30)31)17(20(21,22)23)28(27-13)14-9-15(26-19(25-14)33-3)32-12-7-5-11(6-8-12)24-10(2)29/h5-9H,4H2,1-3H3,(H,24,29)(H,30,31)/p-1. The summed E-state index contributed by atoms with van der Waals surface area (Å²) in [5.74, 6) is -2.36. The molecule has 0 spiro atoms. The summed E-state index contributed by atoms with van der Waals surface area (Å²) in [6.07, 6.45) is -3.49. The highest BCUT2D eigenvalue weighted by molar-refractivity contribution is 7.98.